The van der Waals surface area contributed by atoms with Crippen molar-refractivity contribution in [1.82, 2.24) is 0 Å². The summed E-state index contributed by atoms with van der Waals surface area (Å²) in [6.45, 7) is 0. The summed E-state index contributed by atoms with van der Waals surface area (Å²) >= 11 is 0. The standard InChI is InChI=1S/C19H18O/c20-18-10-4-8-16-15-7-2-1-5-13(15)11-12-14-6-3-9-17(18)19(14)16/h1-3,5-7,9,16H,4,8,10-12H2. The van der Waals surface area contributed by atoms with E-state index in [-0.39, 0.29) is 0 Å². The number of carbonyl (C=O) groups excluding carboxylic acids is 1. The first kappa shape index (κ1) is 11.9. The average molecular weight is 262 g/mol. The van der Waals surface area contributed by atoms with Gasteiger partial charge in [-0.15, -0.1) is 0 Å². The molecule has 1 nitrogen and oxygen atoms in total. The fourth-order valence-corrected chi connectivity index (χ4v) is 3.91. The Kier molecular flexibility index (Phi) is 2.73. The van der Waals surface area contributed by atoms with E-state index >= 15 is 0 Å². The van der Waals surface area contributed by atoms with Gasteiger partial charge in [-0.1, -0.05) is 42.5 Å². The smallest absolute Gasteiger partial charge is 0.163 e. The molecule has 0 spiro atoms. The van der Waals surface area contributed by atoms with Gasteiger partial charge >= 0.3 is 0 Å². The van der Waals surface area contributed by atoms with Crippen molar-refractivity contribution in [2.75, 3.05) is 0 Å². The monoisotopic (exact) mass is 262 g/mol. The molecule has 1 unspecified atom stereocenters. The topological polar surface area (TPSA) is 17.1 Å². The van der Waals surface area contributed by atoms with Crippen LogP contribution in [0.5, 0.6) is 0 Å². The van der Waals surface area contributed by atoms with Crippen molar-refractivity contribution < 1.29 is 4.79 Å². The molecule has 20 heavy (non-hydrogen) atoms. The Balaban J connectivity index is 2.00. The van der Waals surface area contributed by atoms with Crippen LogP contribution in [-0.4, -0.2) is 5.78 Å². The molecule has 0 saturated carbocycles. The normalized spacial score (nSPS) is 20.6. The zero-order chi connectivity index (χ0) is 13.5. The second kappa shape index (κ2) is 4.59. The summed E-state index contributed by atoms with van der Waals surface area (Å²) in [4.78, 5) is 12.4. The average Bonchev–Trinajstić information content (AvgIpc) is 2.75. The van der Waals surface area contributed by atoms with Gasteiger partial charge in [-0.2, -0.15) is 0 Å². The summed E-state index contributed by atoms with van der Waals surface area (Å²) in [5, 5.41) is 0. The lowest BCUT2D eigenvalue weighted by atomic mass is 9.84. The molecule has 2 aromatic rings. The van der Waals surface area contributed by atoms with Crippen LogP contribution in [0.2, 0.25) is 0 Å². The minimum Gasteiger partial charge on any atom is -0.294 e. The Bertz CT molecular complexity index is 684. The van der Waals surface area contributed by atoms with E-state index < -0.39 is 0 Å². The molecule has 0 heterocycles. The van der Waals surface area contributed by atoms with E-state index in [2.05, 4.69) is 36.4 Å². The zero-order valence-electron chi connectivity index (χ0n) is 11.6. The van der Waals surface area contributed by atoms with E-state index in [1.807, 2.05) is 6.07 Å². The summed E-state index contributed by atoms with van der Waals surface area (Å²) in [6.07, 6.45) is 4.97. The first-order valence-electron chi connectivity index (χ1n) is 7.57. The molecule has 2 aliphatic rings. The van der Waals surface area contributed by atoms with Crippen molar-refractivity contribution in [3.63, 3.8) is 0 Å². The van der Waals surface area contributed by atoms with Crippen molar-refractivity contribution in [3.8, 4) is 0 Å². The van der Waals surface area contributed by atoms with E-state index in [1.165, 1.54) is 22.3 Å². The van der Waals surface area contributed by atoms with E-state index in [0.29, 0.717) is 18.1 Å². The van der Waals surface area contributed by atoms with E-state index in [9.17, 15) is 4.79 Å². The Hall–Kier alpha value is -1.89. The molecule has 0 aromatic heterocycles. The molecular weight excluding hydrogens is 244 g/mol. The van der Waals surface area contributed by atoms with Crippen molar-refractivity contribution in [1.29, 1.82) is 0 Å². The second-order valence-electron chi connectivity index (χ2n) is 5.95. The lowest BCUT2D eigenvalue weighted by Crippen LogP contribution is -2.07. The van der Waals surface area contributed by atoms with Crippen LogP contribution in [0.1, 0.15) is 57.8 Å². The predicted octanol–water partition coefficient (Wildman–Crippen LogP) is 4.28. The van der Waals surface area contributed by atoms with Gasteiger partial charge in [0.05, 0.1) is 0 Å². The number of hydrogen-bond acceptors (Lipinski definition) is 1. The Labute approximate surface area is 119 Å². The molecule has 0 aliphatic heterocycles. The van der Waals surface area contributed by atoms with E-state index in [1.54, 1.807) is 0 Å². The van der Waals surface area contributed by atoms with Gasteiger partial charge in [0.25, 0.3) is 0 Å². The van der Waals surface area contributed by atoms with Crippen molar-refractivity contribution in [2.24, 2.45) is 0 Å². The summed E-state index contributed by atoms with van der Waals surface area (Å²) < 4.78 is 0. The molecule has 1 atom stereocenters. The van der Waals surface area contributed by atoms with Gasteiger partial charge < -0.3 is 0 Å². The number of carbonyl (C=O) groups is 1. The highest BCUT2D eigenvalue weighted by Gasteiger charge is 2.29. The van der Waals surface area contributed by atoms with Crippen LogP contribution in [-0.2, 0) is 12.8 Å². The van der Waals surface area contributed by atoms with Crippen molar-refractivity contribution in [3.05, 3.63) is 70.3 Å². The highest BCUT2D eigenvalue weighted by molar-refractivity contribution is 5.98. The van der Waals surface area contributed by atoms with E-state index in [0.717, 1.165) is 31.2 Å². The molecule has 0 bridgehead atoms. The van der Waals surface area contributed by atoms with Gasteiger partial charge in [0.2, 0.25) is 0 Å². The highest BCUT2D eigenvalue weighted by atomic mass is 16.1. The van der Waals surface area contributed by atoms with Crippen molar-refractivity contribution in [2.45, 2.75) is 38.0 Å². The lowest BCUT2D eigenvalue weighted by molar-refractivity contribution is 0.0982. The third-order valence-electron chi connectivity index (χ3n) is 4.84. The van der Waals surface area contributed by atoms with Gasteiger partial charge in [-0.05, 0) is 47.9 Å². The molecule has 0 fully saturated rings. The summed E-state index contributed by atoms with van der Waals surface area (Å²) in [7, 11) is 0. The van der Waals surface area contributed by atoms with Gasteiger partial charge in [0.1, 0.15) is 0 Å². The first-order valence-corrected chi connectivity index (χ1v) is 7.57. The largest absolute Gasteiger partial charge is 0.294 e. The van der Waals surface area contributed by atoms with Gasteiger partial charge in [-0.3, -0.25) is 4.79 Å². The van der Waals surface area contributed by atoms with Crippen LogP contribution in [0.25, 0.3) is 0 Å². The Morgan fingerprint density at radius 1 is 0.850 bits per heavy atom. The van der Waals surface area contributed by atoms with Gasteiger partial charge in [-0.25, -0.2) is 0 Å². The Morgan fingerprint density at radius 2 is 1.65 bits per heavy atom. The number of fused-ring (bicyclic) bond motifs is 2. The molecular formula is C19H18O. The summed E-state index contributed by atoms with van der Waals surface area (Å²) in [6, 6.07) is 15.1. The SMILES string of the molecule is O=C1CCCC2c3ccccc3CCc3cccc1c32. The molecule has 0 N–H and O–H groups in total. The Morgan fingerprint density at radius 3 is 2.60 bits per heavy atom. The summed E-state index contributed by atoms with van der Waals surface area (Å²) in [5.74, 6) is 0.759. The van der Waals surface area contributed by atoms with Gasteiger partial charge in [0, 0.05) is 17.9 Å². The molecule has 4 rings (SSSR count). The number of benzene rings is 2. The third-order valence-corrected chi connectivity index (χ3v) is 4.84. The lowest BCUT2D eigenvalue weighted by Gasteiger charge is -2.20. The zero-order valence-corrected chi connectivity index (χ0v) is 11.6. The molecule has 100 valence electrons. The number of rotatable bonds is 0. The minimum absolute atomic E-state index is 0.337. The molecule has 0 radical (unpaired) electrons. The fraction of sp³-hybridized carbons (Fsp3) is 0.316. The number of hydrogen-bond donors (Lipinski definition) is 0. The molecule has 2 aliphatic carbocycles. The molecule has 0 saturated heterocycles. The molecule has 0 amide bonds. The predicted molar refractivity (Wildman–Crippen MR) is 80.3 cm³/mol. The summed E-state index contributed by atoms with van der Waals surface area (Å²) in [5.41, 5.74) is 6.63. The first-order chi connectivity index (χ1) is 9.84. The van der Waals surface area contributed by atoms with Crippen molar-refractivity contribution >= 4 is 5.78 Å². The van der Waals surface area contributed by atoms with Crippen LogP contribution >= 0.6 is 0 Å². The maximum Gasteiger partial charge on any atom is 0.163 e. The quantitative estimate of drug-likeness (QED) is 0.692. The van der Waals surface area contributed by atoms with Crippen LogP contribution in [0, 0.1) is 0 Å². The highest BCUT2D eigenvalue weighted by Crippen LogP contribution is 2.41. The van der Waals surface area contributed by atoms with Gasteiger partial charge in [0.15, 0.2) is 5.78 Å². The third kappa shape index (κ3) is 1.73. The fourth-order valence-electron chi connectivity index (χ4n) is 3.91. The van der Waals surface area contributed by atoms with Crippen LogP contribution in [0.15, 0.2) is 42.5 Å². The minimum atomic E-state index is 0.337. The maximum absolute atomic E-state index is 12.4. The maximum atomic E-state index is 12.4. The van der Waals surface area contributed by atoms with Crippen LogP contribution in [0.4, 0.5) is 0 Å². The van der Waals surface area contributed by atoms with Crippen LogP contribution < -0.4 is 0 Å². The second-order valence-corrected chi connectivity index (χ2v) is 5.95. The molecule has 2 aromatic carbocycles. The molecule has 1 heteroatoms. The number of Topliss-reactive ketones (excluding diaryl/α,β-unsaturated/α-hetero) is 1. The van der Waals surface area contributed by atoms with E-state index in [4.69, 9.17) is 0 Å². The van der Waals surface area contributed by atoms with Crippen LogP contribution in [0.3, 0.4) is 0 Å². The number of ketones is 1. The number of aryl methyl sites for hydroxylation is 2.